The van der Waals surface area contributed by atoms with Gasteiger partial charge in [-0.1, -0.05) is 68.4 Å². The lowest BCUT2D eigenvalue weighted by molar-refractivity contribution is 0.191. The standard InChI is InChI=1S/C21H35NO2/c1-19(2,3)15-10-14(12-22-17(13-23)21(7,8)9)18(24)16(11-15)20(4,5)6/h10-12,17,23-24H,13H2,1-9H3. The van der Waals surface area contributed by atoms with Crippen molar-refractivity contribution < 1.29 is 10.2 Å². The number of aromatic hydroxyl groups is 1. The van der Waals surface area contributed by atoms with Gasteiger partial charge in [0.25, 0.3) is 0 Å². The van der Waals surface area contributed by atoms with Crippen molar-refractivity contribution in [2.45, 2.75) is 79.2 Å². The molecule has 136 valence electrons. The van der Waals surface area contributed by atoms with E-state index in [1.54, 1.807) is 6.21 Å². The Hall–Kier alpha value is -1.35. The predicted molar refractivity (Wildman–Crippen MR) is 103 cm³/mol. The molecule has 1 aromatic rings. The smallest absolute Gasteiger partial charge is 0.128 e. The zero-order valence-corrected chi connectivity index (χ0v) is 16.9. The first-order valence-corrected chi connectivity index (χ1v) is 8.70. The number of aliphatic imine (C=N–C) groups is 1. The van der Waals surface area contributed by atoms with Gasteiger partial charge in [0.15, 0.2) is 0 Å². The number of rotatable bonds is 3. The topological polar surface area (TPSA) is 52.8 Å². The van der Waals surface area contributed by atoms with E-state index in [1.807, 2.05) is 6.07 Å². The number of aliphatic hydroxyl groups is 1. The number of benzene rings is 1. The second-order valence-electron chi connectivity index (χ2n) is 9.80. The molecule has 1 unspecified atom stereocenters. The Kier molecular flexibility index (Phi) is 5.93. The minimum atomic E-state index is -0.201. The molecule has 0 saturated carbocycles. The molecule has 0 aliphatic heterocycles. The van der Waals surface area contributed by atoms with Gasteiger partial charge in [-0.3, -0.25) is 4.99 Å². The van der Waals surface area contributed by atoms with Crippen molar-refractivity contribution in [1.82, 2.24) is 0 Å². The Morgan fingerprint density at radius 1 is 0.958 bits per heavy atom. The third-order valence-corrected chi connectivity index (χ3v) is 4.38. The summed E-state index contributed by atoms with van der Waals surface area (Å²) in [6.45, 7) is 18.9. The molecule has 0 radical (unpaired) electrons. The van der Waals surface area contributed by atoms with Gasteiger partial charge in [-0.05, 0) is 27.9 Å². The van der Waals surface area contributed by atoms with Gasteiger partial charge in [-0.25, -0.2) is 0 Å². The molecule has 0 fully saturated rings. The van der Waals surface area contributed by atoms with Crippen LogP contribution in [0.1, 0.15) is 79.0 Å². The highest BCUT2D eigenvalue weighted by Gasteiger charge is 2.26. The molecule has 2 N–H and O–H groups in total. The van der Waals surface area contributed by atoms with Crippen molar-refractivity contribution in [1.29, 1.82) is 0 Å². The lowest BCUT2D eigenvalue weighted by Gasteiger charge is -2.27. The average molecular weight is 334 g/mol. The zero-order chi connectivity index (χ0) is 18.9. The first-order valence-electron chi connectivity index (χ1n) is 8.70. The van der Waals surface area contributed by atoms with Gasteiger partial charge in [0.1, 0.15) is 5.75 Å². The van der Waals surface area contributed by atoms with Gasteiger partial charge in [0, 0.05) is 17.3 Å². The van der Waals surface area contributed by atoms with E-state index in [2.05, 4.69) is 73.4 Å². The molecule has 0 aromatic heterocycles. The second-order valence-corrected chi connectivity index (χ2v) is 9.80. The maximum atomic E-state index is 10.7. The number of hydrogen-bond acceptors (Lipinski definition) is 3. The number of phenolic OH excluding ortho intramolecular Hbond substituents is 1. The Balaban J connectivity index is 3.47. The van der Waals surface area contributed by atoms with Gasteiger partial charge in [0.05, 0.1) is 12.6 Å². The van der Waals surface area contributed by atoms with Gasteiger partial charge >= 0.3 is 0 Å². The van der Waals surface area contributed by atoms with E-state index in [4.69, 9.17) is 0 Å². The summed E-state index contributed by atoms with van der Waals surface area (Å²) in [5, 5.41) is 20.3. The fourth-order valence-corrected chi connectivity index (χ4v) is 2.47. The molecule has 1 aromatic carbocycles. The third kappa shape index (κ3) is 5.07. The normalized spacial score (nSPS) is 15.1. The van der Waals surface area contributed by atoms with E-state index in [1.165, 1.54) is 5.56 Å². The quantitative estimate of drug-likeness (QED) is 0.780. The molecular weight excluding hydrogens is 298 g/mol. The summed E-state index contributed by atoms with van der Waals surface area (Å²) in [7, 11) is 0. The van der Waals surface area contributed by atoms with Crippen molar-refractivity contribution in [3.63, 3.8) is 0 Å². The van der Waals surface area contributed by atoms with E-state index in [0.29, 0.717) is 0 Å². The number of hydrogen-bond donors (Lipinski definition) is 2. The molecule has 0 aliphatic carbocycles. The lowest BCUT2D eigenvalue weighted by Crippen LogP contribution is -2.28. The van der Waals surface area contributed by atoms with E-state index < -0.39 is 0 Å². The summed E-state index contributed by atoms with van der Waals surface area (Å²) >= 11 is 0. The molecule has 1 atom stereocenters. The summed E-state index contributed by atoms with van der Waals surface area (Å²) in [6.07, 6.45) is 1.71. The SMILES string of the molecule is CC(C)(C)c1cc(C=NC(CO)C(C)(C)C)c(O)c(C(C)(C)C)c1. The van der Waals surface area contributed by atoms with Crippen LogP contribution in [-0.2, 0) is 10.8 Å². The number of aliphatic hydroxyl groups excluding tert-OH is 1. The van der Waals surface area contributed by atoms with Crippen molar-refractivity contribution in [2.75, 3.05) is 6.61 Å². The highest BCUT2D eigenvalue weighted by Crippen LogP contribution is 2.37. The van der Waals surface area contributed by atoms with Crippen molar-refractivity contribution >= 4 is 6.21 Å². The Morgan fingerprint density at radius 3 is 1.88 bits per heavy atom. The fourth-order valence-electron chi connectivity index (χ4n) is 2.47. The molecular formula is C21H35NO2. The van der Waals surface area contributed by atoms with Crippen LogP contribution in [0.25, 0.3) is 0 Å². The summed E-state index contributed by atoms with van der Waals surface area (Å²) in [5.74, 6) is 0.282. The molecule has 0 spiro atoms. The van der Waals surface area contributed by atoms with Crippen LogP contribution in [0, 0.1) is 5.41 Å². The van der Waals surface area contributed by atoms with E-state index in [9.17, 15) is 10.2 Å². The number of phenols is 1. The van der Waals surface area contributed by atoms with E-state index >= 15 is 0 Å². The Labute approximate surface area is 147 Å². The highest BCUT2D eigenvalue weighted by atomic mass is 16.3. The van der Waals surface area contributed by atoms with Gasteiger partial charge in [0.2, 0.25) is 0 Å². The zero-order valence-electron chi connectivity index (χ0n) is 16.9. The minimum absolute atomic E-state index is 0.00808. The van der Waals surface area contributed by atoms with Crippen LogP contribution in [-0.4, -0.2) is 29.1 Å². The second kappa shape index (κ2) is 6.87. The Bertz CT molecular complexity index is 596. The van der Waals surface area contributed by atoms with Gasteiger partial charge in [-0.2, -0.15) is 0 Å². The summed E-state index contributed by atoms with van der Waals surface area (Å²) < 4.78 is 0. The predicted octanol–water partition coefficient (Wildman–Crippen LogP) is 4.81. The molecule has 0 amide bonds. The van der Waals surface area contributed by atoms with Crippen LogP contribution in [0.2, 0.25) is 0 Å². The summed E-state index contributed by atoms with van der Waals surface area (Å²) in [6, 6.07) is 3.90. The Morgan fingerprint density at radius 2 is 1.50 bits per heavy atom. The van der Waals surface area contributed by atoms with Crippen molar-refractivity contribution in [3.05, 3.63) is 28.8 Å². The monoisotopic (exact) mass is 333 g/mol. The van der Waals surface area contributed by atoms with Gasteiger partial charge in [-0.15, -0.1) is 0 Å². The molecule has 0 saturated heterocycles. The first-order chi connectivity index (χ1) is 10.7. The maximum absolute atomic E-state index is 10.7. The van der Waals surface area contributed by atoms with Crippen LogP contribution in [0.3, 0.4) is 0 Å². The van der Waals surface area contributed by atoms with Crippen molar-refractivity contribution in [3.8, 4) is 5.75 Å². The largest absolute Gasteiger partial charge is 0.507 e. The molecule has 0 aliphatic rings. The van der Waals surface area contributed by atoms with Crippen molar-refractivity contribution in [2.24, 2.45) is 10.4 Å². The molecule has 3 heteroatoms. The molecule has 1 rings (SSSR count). The maximum Gasteiger partial charge on any atom is 0.128 e. The van der Waals surface area contributed by atoms with Crippen LogP contribution in [0.4, 0.5) is 0 Å². The van der Waals surface area contributed by atoms with E-state index in [-0.39, 0.29) is 34.6 Å². The summed E-state index contributed by atoms with van der Waals surface area (Å²) in [4.78, 5) is 4.56. The lowest BCUT2D eigenvalue weighted by atomic mass is 9.79. The fraction of sp³-hybridized carbons (Fsp3) is 0.667. The third-order valence-electron chi connectivity index (χ3n) is 4.38. The molecule has 24 heavy (non-hydrogen) atoms. The molecule has 0 heterocycles. The summed E-state index contributed by atoms with van der Waals surface area (Å²) in [5.41, 5.74) is 2.51. The van der Waals surface area contributed by atoms with Crippen LogP contribution in [0.15, 0.2) is 17.1 Å². The number of nitrogens with zero attached hydrogens (tertiary/aromatic N) is 1. The van der Waals surface area contributed by atoms with Crippen LogP contribution < -0.4 is 0 Å². The van der Waals surface area contributed by atoms with E-state index in [0.717, 1.165) is 11.1 Å². The molecule has 3 nitrogen and oxygen atoms in total. The van der Waals surface area contributed by atoms with Crippen LogP contribution in [0.5, 0.6) is 5.75 Å². The van der Waals surface area contributed by atoms with Gasteiger partial charge < -0.3 is 10.2 Å². The minimum Gasteiger partial charge on any atom is -0.507 e. The average Bonchev–Trinajstić information content (AvgIpc) is 2.36. The van der Waals surface area contributed by atoms with Crippen LogP contribution >= 0.6 is 0 Å². The highest BCUT2D eigenvalue weighted by molar-refractivity contribution is 5.85. The molecule has 0 bridgehead atoms. The first kappa shape index (κ1) is 20.7.